The van der Waals surface area contributed by atoms with E-state index in [-0.39, 0.29) is 21.4 Å². The molecule has 0 bridgehead atoms. The topological polar surface area (TPSA) is 144 Å². The van der Waals surface area contributed by atoms with E-state index in [1.165, 1.54) is 13.8 Å². The van der Waals surface area contributed by atoms with Crippen LogP contribution in [-0.4, -0.2) is 44.7 Å². The fourth-order valence-electron chi connectivity index (χ4n) is 1.92. The third kappa shape index (κ3) is 5.20. The summed E-state index contributed by atoms with van der Waals surface area (Å²) in [6, 6.07) is 4.56. The molecule has 0 radical (unpaired) electrons. The van der Waals surface area contributed by atoms with Crippen molar-refractivity contribution in [2.75, 3.05) is 6.26 Å². The summed E-state index contributed by atoms with van der Waals surface area (Å²) in [6.45, 7) is 7.53. The largest absolute Gasteiger partial charge is 0.512 e. The molecule has 0 fully saturated rings. The molecule has 0 saturated heterocycles. The zero-order valence-electron chi connectivity index (χ0n) is 16.7. The van der Waals surface area contributed by atoms with E-state index in [0.29, 0.717) is 0 Å². The van der Waals surface area contributed by atoms with Crippen LogP contribution in [0.3, 0.4) is 0 Å². The fraction of sp³-hybridized carbons (Fsp3) is 0.444. The number of carbonyl (C=O) groups excluding carboxylic acids is 1. The molecule has 1 aromatic rings. The van der Waals surface area contributed by atoms with Gasteiger partial charge in [-0.15, -0.1) is 0 Å². The molecule has 0 aromatic heterocycles. The van der Waals surface area contributed by atoms with Crippen LogP contribution in [0.2, 0.25) is 0 Å². The van der Waals surface area contributed by atoms with Gasteiger partial charge in [-0.05, 0) is 38.1 Å². The van der Waals surface area contributed by atoms with Crippen LogP contribution in [0.1, 0.15) is 34.6 Å². The summed E-state index contributed by atoms with van der Waals surface area (Å²) in [6.07, 6.45) is 2.10. The van der Waals surface area contributed by atoms with Gasteiger partial charge < -0.3 is 10.8 Å². The summed E-state index contributed by atoms with van der Waals surface area (Å²) in [4.78, 5) is 15.8. The van der Waals surface area contributed by atoms with Gasteiger partial charge in [-0.25, -0.2) is 16.8 Å². The number of amides is 1. The molecule has 0 heterocycles. The molecule has 1 aromatic carbocycles. The normalized spacial score (nSPS) is 14.8. The van der Waals surface area contributed by atoms with Gasteiger partial charge in [0.1, 0.15) is 11.6 Å². The summed E-state index contributed by atoms with van der Waals surface area (Å²) < 4.78 is 46.8. The van der Waals surface area contributed by atoms with Crippen molar-refractivity contribution in [1.29, 1.82) is 0 Å². The Bertz CT molecular complexity index is 1030. The smallest absolute Gasteiger partial charge is 0.268 e. The Morgan fingerprint density at radius 3 is 1.82 bits per heavy atom. The van der Waals surface area contributed by atoms with Crippen LogP contribution in [0.4, 0.5) is 0 Å². The molecule has 0 aliphatic carbocycles. The molecule has 0 aliphatic heterocycles. The molecule has 156 valence electrons. The molecule has 0 saturated carbocycles. The first kappa shape index (κ1) is 23.8. The van der Waals surface area contributed by atoms with Crippen molar-refractivity contribution in [2.24, 2.45) is 16.1 Å². The molecule has 0 spiro atoms. The standard InChI is InChI=1S/C18H26N2O6S2/c1-17(2,3)14(21)11-15(19)20-16(22)18(4,5)28(25,26)13-9-7-12(8-10-13)27(6,23)24/h7-11,21H,1-6H3,(H2,19,20,22)/b14-11-. The first-order valence-corrected chi connectivity index (χ1v) is 11.6. The maximum Gasteiger partial charge on any atom is 0.268 e. The van der Waals surface area contributed by atoms with E-state index in [0.717, 1.165) is 36.6 Å². The SMILES string of the molecule is CC(C)(C)/C(O)=C/C(N)=NC(=O)C(C)(C)S(=O)(=O)c1ccc(S(C)(=O)=O)cc1. The Morgan fingerprint density at radius 2 is 1.43 bits per heavy atom. The lowest BCUT2D eigenvalue weighted by molar-refractivity contribution is -0.119. The highest BCUT2D eigenvalue weighted by Crippen LogP contribution is 2.28. The van der Waals surface area contributed by atoms with Crippen LogP contribution in [0.15, 0.2) is 50.9 Å². The first-order chi connectivity index (χ1) is 12.4. The predicted molar refractivity (Wildman–Crippen MR) is 108 cm³/mol. The van der Waals surface area contributed by atoms with Crippen molar-refractivity contribution in [3.05, 3.63) is 36.1 Å². The maximum atomic E-state index is 12.9. The first-order valence-electron chi connectivity index (χ1n) is 8.25. The Balaban J connectivity index is 3.29. The highest BCUT2D eigenvalue weighted by molar-refractivity contribution is 7.93. The van der Waals surface area contributed by atoms with Crippen molar-refractivity contribution in [3.8, 4) is 0 Å². The number of aliphatic hydroxyl groups excluding tert-OH is 1. The monoisotopic (exact) mass is 430 g/mol. The van der Waals surface area contributed by atoms with E-state index in [2.05, 4.69) is 4.99 Å². The molecule has 1 amide bonds. The average Bonchev–Trinajstić information content (AvgIpc) is 2.52. The van der Waals surface area contributed by atoms with Crippen LogP contribution in [0.5, 0.6) is 0 Å². The molecule has 0 atom stereocenters. The predicted octanol–water partition coefficient (Wildman–Crippen LogP) is 2.01. The minimum absolute atomic E-state index is 0.0411. The average molecular weight is 431 g/mol. The lowest BCUT2D eigenvalue weighted by Crippen LogP contribution is -2.40. The maximum absolute atomic E-state index is 12.9. The molecule has 8 nitrogen and oxygen atoms in total. The Labute approximate surface area is 166 Å². The summed E-state index contributed by atoms with van der Waals surface area (Å²) >= 11 is 0. The van der Waals surface area contributed by atoms with E-state index < -0.39 is 35.7 Å². The highest BCUT2D eigenvalue weighted by Gasteiger charge is 2.43. The van der Waals surface area contributed by atoms with Crippen LogP contribution in [0.25, 0.3) is 0 Å². The van der Waals surface area contributed by atoms with Gasteiger partial charge in [0.05, 0.1) is 9.79 Å². The Hall–Kier alpha value is -2.20. The van der Waals surface area contributed by atoms with Gasteiger partial charge in [0.15, 0.2) is 24.4 Å². The third-order valence-electron chi connectivity index (χ3n) is 4.03. The number of rotatable bonds is 5. The second-order valence-corrected chi connectivity index (χ2v) is 12.4. The van der Waals surface area contributed by atoms with Crippen molar-refractivity contribution < 1.29 is 26.7 Å². The Morgan fingerprint density at radius 1 is 1.00 bits per heavy atom. The molecule has 0 unspecified atom stereocenters. The van der Waals surface area contributed by atoms with Gasteiger partial charge in [0.2, 0.25) is 0 Å². The number of aliphatic hydroxyl groups is 1. The molecule has 0 aliphatic rings. The summed E-state index contributed by atoms with van der Waals surface area (Å²) in [5.41, 5.74) is 5.03. The minimum atomic E-state index is -4.19. The number of nitrogens with zero attached hydrogens (tertiary/aromatic N) is 1. The number of nitrogens with two attached hydrogens (primary N) is 1. The zero-order chi connectivity index (χ0) is 22.1. The van der Waals surface area contributed by atoms with E-state index in [9.17, 15) is 26.7 Å². The van der Waals surface area contributed by atoms with E-state index in [4.69, 9.17) is 5.73 Å². The second kappa shape index (κ2) is 7.67. The third-order valence-corrected chi connectivity index (χ3v) is 7.57. The second-order valence-electron chi connectivity index (χ2n) is 7.88. The summed E-state index contributed by atoms with van der Waals surface area (Å²) in [5.74, 6) is -1.46. The van der Waals surface area contributed by atoms with Gasteiger partial charge in [-0.1, -0.05) is 20.8 Å². The van der Waals surface area contributed by atoms with E-state index in [1.54, 1.807) is 20.8 Å². The number of amidine groups is 1. The van der Waals surface area contributed by atoms with Gasteiger partial charge in [0, 0.05) is 17.7 Å². The molecule has 28 heavy (non-hydrogen) atoms. The molecule has 1 rings (SSSR count). The minimum Gasteiger partial charge on any atom is -0.512 e. The van der Waals surface area contributed by atoms with Crippen molar-refractivity contribution in [2.45, 2.75) is 49.2 Å². The lowest BCUT2D eigenvalue weighted by Gasteiger charge is -2.21. The number of hydrogen-bond donors (Lipinski definition) is 2. The van der Waals surface area contributed by atoms with Crippen molar-refractivity contribution in [3.63, 3.8) is 0 Å². The molecule has 3 N–H and O–H groups in total. The van der Waals surface area contributed by atoms with Crippen LogP contribution in [0, 0.1) is 5.41 Å². The Kier molecular flexibility index (Phi) is 6.53. The molecular formula is C18H26N2O6S2. The molecular weight excluding hydrogens is 404 g/mol. The summed E-state index contributed by atoms with van der Waals surface area (Å²) in [5, 5.41) is 9.92. The van der Waals surface area contributed by atoms with Crippen LogP contribution in [-0.2, 0) is 24.5 Å². The quantitative estimate of drug-likeness (QED) is 0.413. The number of benzene rings is 1. The van der Waals surface area contributed by atoms with Gasteiger partial charge in [-0.2, -0.15) is 4.99 Å². The van der Waals surface area contributed by atoms with Gasteiger partial charge in [-0.3, -0.25) is 4.79 Å². The van der Waals surface area contributed by atoms with Crippen LogP contribution < -0.4 is 5.73 Å². The fourth-order valence-corrected chi connectivity index (χ4v) is 3.91. The number of allylic oxidation sites excluding steroid dienone is 1. The van der Waals surface area contributed by atoms with Gasteiger partial charge in [0.25, 0.3) is 5.91 Å². The zero-order valence-corrected chi connectivity index (χ0v) is 18.3. The molecule has 10 heteroatoms. The van der Waals surface area contributed by atoms with E-state index in [1.807, 2.05) is 0 Å². The number of carbonyl (C=O) groups is 1. The lowest BCUT2D eigenvalue weighted by atomic mass is 9.93. The number of aliphatic imine (C=N–C) groups is 1. The number of sulfone groups is 2. The highest BCUT2D eigenvalue weighted by atomic mass is 32.2. The summed E-state index contributed by atoms with van der Waals surface area (Å²) in [7, 11) is -7.68. The van der Waals surface area contributed by atoms with Gasteiger partial charge >= 0.3 is 0 Å². The number of hydrogen-bond acceptors (Lipinski definition) is 6. The van der Waals surface area contributed by atoms with Crippen molar-refractivity contribution in [1.82, 2.24) is 0 Å². The van der Waals surface area contributed by atoms with Crippen LogP contribution >= 0.6 is 0 Å². The van der Waals surface area contributed by atoms with Crippen molar-refractivity contribution >= 4 is 31.4 Å². The van der Waals surface area contributed by atoms with E-state index >= 15 is 0 Å².